The van der Waals surface area contributed by atoms with Crippen LogP contribution in [0, 0.1) is 0 Å². The zero-order valence-electron chi connectivity index (χ0n) is 11.3. The highest BCUT2D eigenvalue weighted by Crippen LogP contribution is 2.27. The first kappa shape index (κ1) is 13.4. The molecule has 7 heteroatoms. The van der Waals surface area contributed by atoms with Gasteiger partial charge in [-0.3, -0.25) is 0 Å². The molecular weight excluding hydrogens is 316 g/mol. The number of nitrogens with zero attached hydrogens (tertiary/aromatic N) is 4. The lowest BCUT2D eigenvalue weighted by Gasteiger charge is -2.01. The molecule has 0 saturated carbocycles. The molecule has 3 aromatic heterocycles. The van der Waals surface area contributed by atoms with Crippen molar-refractivity contribution in [3.05, 3.63) is 53.1 Å². The van der Waals surface area contributed by atoms with E-state index in [1.165, 1.54) is 0 Å². The number of thiophene rings is 1. The van der Waals surface area contributed by atoms with Gasteiger partial charge in [-0.05, 0) is 11.4 Å². The second kappa shape index (κ2) is 5.86. The standard InChI is InChI=1S/C15H10N4OS2/c1-2-4-12-10(3-1)7-16-18-15(12)22-9-13-17-14(20-19-13)11-5-6-21-8-11/h1-8H,9H2. The first-order valence-electron chi connectivity index (χ1n) is 6.58. The minimum atomic E-state index is 0.556. The van der Waals surface area contributed by atoms with Gasteiger partial charge in [0.1, 0.15) is 5.03 Å². The monoisotopic (exact) mass is 326 g/mol. The predicted octanol–water partition coefficient (Wildman–Crippen LogP) is 4.03. The molecule has 0 saturated heterocycles. The van der Waals surface area contributed by atoms with E-state index in [4.69, 9.17) is 4.52 Å². The molecule has 4 rings (SSSR count). The van der Waals surface area contributed by atoms with Gasteiger partial charge in [-0.25, -0.2) is 0 Å². The molecule has 0 aliphatic rings. The van der Waals surface area contributed by atoms with Crippen LogP contribution < -0.4 is 0 Å². The van der Waals surface area contributed by atoms with Gasteiger partial charge in [0.2, 0.25) is 0 Å². The van der Waals surface area contributed by atoms with Crippen LogP contribution >= 0.6 is 23.1 Å². The summed E-state index contributed by atoms with van der Waals surface area (Å²) < 4.78 is 5.28. The van der Waals surface area contributed by atoms with Gasteiger partial charge in [0.15, 0.2) is 5.82 Å². The number of fused-ring (bicyclic) bond motifs is 1. The molecule has 0 spiro atoms. The summed E-state index contributed by atoms with van der Waals surface area (Å²) in [5.74, 6) is 1.80. The smallest absolute Gasteiger partial charge is 0.258 e. The van der Waals surface area contributed by atoms with Crippen LogP contribution in [0.2, 0.25) is 0 Å². The Morgan fingerprint density at radius 3 is 3.05 bits per heavy atom. The van der Waals surface area contributed by atoms with Crippen LogP contribution in [0.25, 0.3) is 22.2 Å². The summed E-state index contributed by atoms with van der Waals surface area (Å²) in [6.45, 7) is 0. The van der Waals surface area contributed by atoms with Gasteiger partial charge >= 0.3 is 0 Å². The maximum Gasteiger partial charge on any atom is 0.258 e. The van der Waals surface area contributed by atoms with Crippen molar-refractivity contribution < 1.29 is 4.52 Å². The van der Waals surface area contributed by atoms with E-state index >= 15 is 0 Å². The molecule has 0 aliphatic carbocycles. The Morgan fingerprint density at radius 1 is 1.18 bits per heavy atom. The fraction of sp³-hybridized carbons (Fsp3) is 0.0667. The summed E-state index contributed by atoms with van der Waals surface area (Å²) in [4.78, 5) is 4.41. The summed E-state index contributed by atoms with van der Waals surface area (Å²) in [5.41, 5.74) is 0.957. The molecule has 22 heavy (non-hydrogen) atoms. The van der Waals surface area contributed by atoms with Gasteiger partial charge in [0, 0.05) is 16.2 Å². The molecular formula is C15H10N4OS2. The van der Waals surface area contributed by atoms with Crippen LogP contribution in [0.3, 0.4) is 0 Å². The van der Waals surface area contributed by atoms with Crippen LogP contribution in [0.1, 0.15) is 5.82 Å². The Morgan fingerprint density at radius 2 is 2.14 bits per heavy atom. The highest BCUT2D eigenvalue weighted by molar-refractivity contribution is 7.98. The molecule has 1 aromatic carbocycles. The fourth-order valence-electron chi connectivity index (χ4n) is 2.06. The SMILES string of the molecule is c1ccc2c(SCc3noc(-c4ccsc4)n3)nncc2c1. The molecule has 0 N–H and O–H groups in total. The molecule has 0 aliphatic heterocycles. The highest BCUT2D eigenvalue weighted by Gasteiger charge is 2.11. The number of hydrogen-bond donors (Lipinski definition) is 0. The topological polar surface area (TPSA) is 64.7 Å². The van der Waals surface area contributed by atoms with Crippen LogP contribution in [-0.4, -0.2) is 20.3 Å². The van der Waals surface area contributed by atoms with E-state index in [9.17, 15) is 0 Å². The lowest BCUT2D eigenvalue weighted by atomic mass is 10.2. The third-order valence-electron chi connectivity index (χ3n) is 3.11. The predicted molar refractivity (Wildman–Crippen MR) is 86.7 cm³/mol. The Kier molecular flexibility index (Phi) is 3.57. The number of thioether (sulfide) groups is 1. The van der Waals surface area contributed by atoms with E-state index in [1.54, 1.807) is 29.3 Å². The number of rotatable bonds is 4. The van der Waals surface area contributed by atoms with Crippen molar-refractivity contribution in [2.24, 2.45) is 0 Å². The van der Waals surface area contributed by atoms with E-state index < -0.39 is 0 Å². The second-order valence-corrected chi connectivity index (χ2v) is 6.30. The van der Waals surface area contributed by atoms with E-state index in [2.05, 4.69) is 20.3 Å². The molecule has 108 valence electrons. The molecule has 3 heterocycles. The normalized spacial score (nSPS) is 11.1. The van der Waals surface area contributed by atoms with Crippen molar-refractivity contribution in [3.8, 4) is 11.5 Å². The molecule has 5 nitrogen and oxygen atoms in total. The molecule has 0 atom stereocenters. The van der Waals surface area contributed by atoms with Crippen molar-refractivity contribution >= 4 is 33.9 Å². The molecule has 0 amide bonds. The van der Waals surface area contributed by atoms with Crippen molar-refractivity contribution in [2.45, 2.75) is 10.8 Å². The Bertz CT molecular complexity index is 899. The summed E-state index contributed by atoms with van der Waals surface area (Å²) in [6.07, 6.45) is 1.77. The van der Waals surface area contributed by atoms with Gasteiger partial charge in [-0.2, -0.15) is 21.4 Å². The maximum atomic E-state index is 5.28. The van der Waals surface area contributed by atoms with Crippen LogP contribution in [0.15, 0.2) is 56.8 Å². The van der Waals surface area contributed by atoms with Gasteiger partial charge < -0.3 is 4.52 Å². The van der Waals surface area contributed by atoms with Crippen molar-refractivity contribution in [1.29, 1.82) is 0 Å². The van der Waals surface area contributed by atoms with Crippen LogP contribution in [-0.2, 0) is 5.75 Å². The minimum Gasteiger partial charge on any atom is -0.334 e. The first-order chi connectivity index (χ1) is 10.9. The second-order valence-electron chi connectivity index (χ2n) is 4.55. The lowest BCUT2D eigenvalue weighted by molar-refractivity contribution is 0.425. The van der Waals surface area contributed by atoms with Crippen molar-refractivity contribution in [1.82, 2.24) is 20.3 Å². The molecule has 0 unspecified atom stereocenters. The highest BCUT2D eigenvalue weighted by atomic mass is 32.2. The Labute approximate surface area is 134 Å². The maximum absolute atomic E-state index is 5.28. The average Bonchev–Trinajstić information content (AvgIpc) is 3.24. The van der Waals surface area contributed by atoms with Crippen molar-refractivity contribution in [2.75, 3.05) is 0 Å². The third-order valence-corrected chi connectivity index (χ3v) is 4.77. The Balaban J connectivity index is 1.55. The molecule has 0 radical (unpaired) electrons. The summed E-state index contributed by atoms with van der Waals surface area (Å²) in [6, 6.07) is 10.0. The van der Waals surface area contributed by atoms with E-state index in [0.717, 1.165) is 21.4 Å². The van der Waals surface area contributed by atoms with E-state index in [0.29, 0.717) is 17.5 Å². The number of benzene rings is 1. The quantitative estimate of drug-likeness (QED) is 0.527. The summed E-state index contributed by atoms with van der Waals surface area (Å²) in [5, 5.41) is 19.3. The average molecular weight is 326 g/mol. The molecule has 4 aromatic rings. The number of aromatic nitrogens is 4. The zero-order valence-corrected chi connectivity index (χ0v) is 13.0. The van der Waals surface area contributed by atoms with Gasteiger partial charge in [0.05, 0.1) is 17.5 Å². The summed E-state index contributed by atoms with van der Waals surface area (Å²) >= 11 is 3.16. The Hall–Kier alpha value is -2.25. The van der Waals surface area contributed by atoms with Gasteiger partial charge in [-0.1, -0.05) is 41.2 Å². The minimum absolute atomic E-state index is 0.556. The van der Waals surface area contributed by atoms with Gasteiger partial charge in [0.25, 0.3) is 5.89 Å². The summed E-state index contributed by atoms with van der Waals surface area (Å²) in [7, 11) is 0. The number of hydrogen-bond acceptors (Lipinski definition) is 7. The van der Waals surface area contributed by atoms with Gasteiger partial charge in [-0.15, -0.1) is 5.10 Å². The molecule has 0 fully saturated rings. The third kappa shape index (κ3) is 2.60. The largest absolute Gasteiger partial charge is 0.334 e. The fourth-order valence-corrected chi connectivity index (χ4v) is 3.52. The zero-order chi connectivity index (χ0) is 14.8. The van der Waals surface area contributed by atoms with E-state index in [-0.39, 0.29) is 0 Å². The molecule has 0 bridgehead atoms. The van der Waals surface area contributed by atoms with Crippen LogP contribution in [0.5, 0.6) is 0 Å². The first-order valence-corrected chi connectivity index (χ1v) is 8.51. The lowest BCUT2D eigenvalue weighted by Crippen LogP contribution is -1.89. The van der Waals surface area contributed by atoms with Crippen LogP contribution in [0.4, 0.5) is 0 Å². The van der Waals surface area contributed by atoms with E-state index in [1.807, 2.05) is 41.1 Å². The van der Waals surface area contributed by atoms with Crippen molar-refractivity contribution in [3.63, 3.8) is 0 Å².